The Labute approximate surface area is 167 Å². The van der Waals surface area contributed by atoms with Crippen molar-refractivity contribution in [3.63, 3.8) is 0 Å². The van der Waals surface area contributed by atoms with E-state index >= 15 is 0 Å². The van der Waals surface area contributed by atoms with Crippen LogP contribution in [0.1, 0.15) is 32.3 Å². The lowest BCUT2D eigenvalue weighted by atomic mass is 10.2. The van der Waals surface area contributed by atoms with Crippen LogP contribution >= 0.6 is 12.2 Å². The molecule has 27 heavy (non-hydrogen) atoms. The Hall–Kier alpha value is -2.60. The second kappa shape index (κ2) is 11.2. The molecule has 6 heteroatoms. The van der Waals surface area contributed by atoms with Crippen molar-refractivity contribution >= 4 is 34.9 Å². The highest BCUT2D eigenvalue weighted by atomic mass is 32.1. The van der Waals surface area contributed by atoms with Crippen molar-refractivity contribution in [1.82, 2.24) is 5.43 Å². The number of benzene rings is 2. The van der Waals surface area contributed by atoms with Crippen LogP contribution in [0.2, 0.25) is 0 Å². The molecule has 0 unspecified atom stereocenters. The fraction of sp³-hybridized carbons (Fsp3) is 0.333. The molecule has 0 aliphatic carbocycles. The molecule has 0 spiro atoms. The van der Waals surface area contributed by atoms with Gasteiger partial charge < -0.3 is 15.0 Å². The molecule has 0 saturated heterocycles. The number of ether oxygens (including phenoxy) is 1. The molecule has 2 aromatic rings. The predicted molar refractivity (Wildman–Crippen MR) is 119 cm³/mol. The average molecular weight is 385 g/mol. The molecule has 0 aliphatic heterocycles. The highest BCUT2D eigenvalue weighted by molar-refractivity contribution is 7.80. The van der Waals surface area contributed by atoms with Gasteiger partial charge in [-0.05, 0) is 67.5 Å². The average Bonchev–Trinajstić information content (AvgIpc) is 2.70. The van der Waals surface area contributed by atoms with E-state index in [1.807, 2.05) is 24.3 Å². The quantitative estimate of drug-likeness (QED) is 0.375. The summed E-state index contributed by atoms with van der Waals surface area (Å²) in [6, 6.07) is 15.9. The van der Waals surface area contributed by atoms with Crippen molar-refractivity contribution < 1.29 is 4.74 Å². The number of rotatable bonds is 9. The summed E-state index contributed by atoms with van der Waals surface area (Å²) in [5, 5.41) is 7.71. The van der Waals surface area contributed by atoms with E-state index in [-0.39, 0.29) is 0 Å². The lowest BCUT2D eigenvalue weighted by Crippen LogP contribution is -2.24. The van der Waals surface area contributed by atoms with Crippen molar-refractivity contribution in [2.24, 2.45) is 5.10 Å². The normalized spacial score (nSPS) is 10.6. The molecule has 0 aromatic heterocycles. The Morgan fingerprint density at radius 2 is 1.81 bits per heavy atom. The summed E-state index contributed by atoms with van der Waals surface area (Å²) in [6.45, 7) is 6.51. The molecule has 0 saturated carbocycles. The van der Waals surface area contributed by atoms with Crippen LogP contribution in [0.5, 0.6) is 5.75 Å². The van der Waals surface area contributed by atoms with E-state index in [2.05, 4.69) is 58.9 Å². The summed E-state index contributed by atoms with van der Waals surface area (Å²) >= 11 is 5.25. The number of hydrazone groups is 1. The van der Waals surface area contributed by atoms with E-state index in [0.29, 0.717) is 5.11 Å². The van der Waals surface area contributed by atoms with E-state index in [1.165, 1.54) is 18.5 Å². The maximum absolute atomic E-state index is 5.25. The fourth-order valence-electron chi connectivity index (χ4n) is 2.59. The number of methoxy groups -OCH3 is 1. The van der Waals surface area contributed by atoms with Crippen molar-refractivity contribution in [1.29, 1.82) is 0 Å². The number of anilines is 2. The van der Waals surface area contributed by atoms with Gasteiger partial charge in [-0.2, -0.15) is 5.10 Å². The molecule has 0 fully saturated rings. The third-order valence-corrected chi connectivity index (χ3v) is 4.34. The van der Waals surface area contributed by atoms with Gasteiger partial charge in [-0.25, -0.2) is 0 Å². The van der Waals surface area contributed by atoms with Crippen LogP contribution in [0.3, 0.4) is 0 Å². The minimum Gasteiger partial charge on any atom is -0.497 e. The van der Waals surface area contributed by atoms with Crippen molar-refractivity contribution in [3.05, 3.63) is 54.1 Å². The number of nitrogens with one attached hydrogen (secondary N) is 2. The first kappa shape index (κ1) is 20.7. The molecule has 0 aliphatic rings. The number of thiocarbonyl (C=S) groups is 1. The molecule has 144 valence electrons. The maximum Gasteiger partial charge on any atom is 0.191 e. The van der Waals surface area contributed by atoms with Gasteiger partial charge >= 0.3 is 0 Å². The Balaban J connectivity index is 1.85. The van der Waals surface area contributed by atoms with Crippen LogP contribution < -0.4 is 20.4 Å². The Morgan fingerprint density at radius 1 is 1.11 bits per heavy atom. The number of unbranched alkanes of at least 4 members (excludes halogenated alkanes) is 1. The highest BCUT2D eigenvalue weighted by Gasteiger charge is 2.03. The van der Waals surface area contributed by atoms with Gasteiger partial charge in [0.25, 0.3) is 0 Å². The van der Waals surface area contributed by atoms with Gasteiger partial charge in [-0.3, -0.25) is 5.43 Å². The number of hydrogen-bond donors (Lipinski definition) is 2. The van der Waals surface area contributed by atoms with E-state index in [1.54, 1.807) is 13.3 Å². The SMILES string of the molecule is CCCCN(CC)c1ccc(C=NNC(=S)Nc2ccc(OC)cc2)cc1. The largest absolute Gasteiger partial charge is 0.497 e. The van der Waals surface area contributed by atoms with Crippen LogP contribution in [-0.4, -0.2) is 31.5 Å². The lowest BCUT2D eigenvalue weighted by Gasteiger charge is -2.22. The van der Waals surface area contributed by atoms with Crippen LogP contribution in [0.4, 0.5) is 11.4 Å². The second-order valence-electron chi connectivity index (χ2n) is 6.08. The summed E-state index contributed by atoms with van der Waals surface area (Å²) < 4.78 is 5.13. The van der Waals surface area contributed by atoms with Crippen molar-refractivity contribution in [3.8, 4) is 5.75 Å². The Morgan fingerprint density at radius 3 is 2.41 bits per heavy atom. The molecule has 2 N–H and O–H groups in total. The van der Waals surface area contributed by atoms with Crippen molar-refractivity contribution in [2.45, 2.75) is 26.7 Å². The number of hydrogen-bond acceptors (Lipinski definition) is 4. The van der Waals surface area contributed by atoms with Gasteiger partial charge in [0.2, 0.25) is 0 Å². The zero-order valence-electron chi connectivity index (χ0n) is 16.2. The molecular weight excluding hydrogens is 356 g/mol. The van der Waals surface area contributed by atoms with E-state index in [0.717, 1.165) is 30.1 Å². The molecule has 0 bridgehead atoms. The van der Waals surface area contributed by atoms with Crippen LogP contribution in [-0.2, 0) is 0 Å². The zero-order chi connectivity index (χ0) is 19.5. The highest BCUT2D eigenvalue weighted by Crippen LogP contribution is 2.16. The maximum atomic E-state index is 5.25. The summed E-state index contributed by atoms with van der Waals surface area (Å²) in [4.78, 5) is 2.39. The molecule has 0 atom stereocenters. The molecule has 5 nitrogen and oxygen atoms in total. The summed E-state index contributed by atoms with van der Waals surface area (Å²) in [5.41, 5.74) is 5.97. The smallest absolute Gasteiger partial charge is 0.191 e. The van der Waals surface area contributed by atoms with E-state index in [9.17, 15) is 0 Å². The standard InChI is InChI=1S/C21H28N4OS/c1-4-6-15-25(5-2)19-11-7-17(8-12-19)16-22-24-21(27)23-18-9-13-20(26-3)14-10-18/h7-14,16H,4-6,15H2,1-3H3,(H2,23,24,27). The monoisotopic (exact) mass is 384 g/mol. The molecular formula is C21H28N4OS. The first-order valence-corrected chi connectivity index (χ1v) is 9.66. The van der Waals surface area contributed by atoms with E-state index in [4.69, 9.17) is 17.0 Å². The molecule has 2 rings (SSSR count). The summed E-state index contributed by atoms with van der Waals surface area (Å²) in [5.74, 6) is 0.803. The molecule has 0 heterocycles. The number of nitrogens with zero attached hydrogens (tertiary/aromatic N) is 2. The van der Waals surface area contributed by atoms with Gasteiger partial charge in [0.15, 0.2) is 5.11 Å². The molecule has 2 aromatic carbocycles. The summed E-state index contributed by atoms with van der Waals surface area (Å²) in [7, 11) is 1.64. The zero-order valence-corrected chi connectivity index (χ0v) is 17.1. The fourth-order valence-corrected chi connectivity index (χ4v) is 2.76. The van der Waals surface area contributed by atoms with Crippen LogP contribution in [0, 0.1) is 0 Å². The van der Waals surface area contributed by atoms with Gasteiger partial charge in [0.1, 0.15) is 5.75 Å². The molecule has 0 amide bonds. The third kappa shape index (κ3) is 6.90. The molecule has 0 radical (unpaired) electrons. The van der Waals surface area contributed by atoms with Crippen LogP contribution in [0.25, 0.3) is 0 Å². The van der Waals surface area contributed by atoms with E-state index < -0.39 is 0 Å². The van der Waals surface area contributed by atoms with Gasteiger partial charge in [0, 0.05) is 24.5 Å². The minimum absolute atomic E-state index is 0.435. The summed E-state index contributed by atoms with van der Waals surface area (Å²) in [6.07, 6.45) is 4.17. The van der Waals surface area contributed by atoms with Gasteiger partial charge in [-0.15, -0.1) is 0 Å². The minimum atomic E-state index is 0.435. The topological polar surface area (TPSA) is 48.9 Å². The predicted octanol–water partition coefficient (Wildman–Crippen LogP) is 4.64. The Kier molecular flexibility index (Phi) is 8.58. The second-order valence-corrected chi connectivity index (χ2v) is 6.49. The van der Waals surface area contributed by atoms with Crippen molar-refractivity contribution in [2.75, 3.05) is 30.4 Å². The Bertz CT molecular complexity index is 729. The van der Waals surface area contributed by atoms with Gasteiger partial charge in [-0.1, -0.05) is 25.5 Å². The first-order chi connectivity index (χ1) is 13.2. The third-order valence-electron chi connectivity index (χ3n) is 4.15. The first-order valence-electron chi connectivity index (χ1n) is 9.25. The van der Waals surface area contributed by atoms with Gasteiger partial charge in [0.05, 0.1) is 13.3 Å². The van der Waals surface area contributed by atoms with Crippen LogP contribution in [0.15, 0.2) is 53.6 Å². The lowest BCUT2D eigenvalue weighted by molar-refractivity contribution is 0.415.